The number of nitrogens with zero attached hydrogens (tertiary/aromatic N) is 2. The van der Waals surface area contributed by atoms with E-state index in [0.717, 1.165) is 16.2 Å². The lowest BCUT2D eigenvalue weighted by atomic mass is 9.96. The van der Waals surface area contributed by atoms with Crippen molar-refractivity contribution in [2.45, 2.75) is 85.9 Å². The van der Waals surface area contributed by atoms with Crippen LogP contribution in [0.2, 0.25) is 0 Å². The number of furan rings is 1. The SMILES string of the molecule is CC(=O)N[C@H](C(=O)N(OC(=O)c1ccco1)[C@@H](CCc1ccccc1)CN(CC(C)C)NC(=O)[C@@H](NC(=O)[C@H](Cc1ccccc1)C(N)=O)C(C)C)C(C)C. The highest BCUT2D eigenvalue weighted by molar-refractivity contribution is 6.01. The number of hydrogen-bond donors (Lipinski definition) is 4. The molecule has 0 aliphatic rings. The molecule has 0 radical (unpaired) electrons. The fourth-order valence-corrected chi connectivity index (χ4v) is 6.01. The second-order valence-electron chi connectivity index (χ2n) is 14.8. The highest BCUT2D eigenvalue weighted by Gasteiger charge is 2.38. The van der Waals surface area contributed by atoms with Crippen molar-refractivity contribution in [2.24, 2.45) is 29.4 Å². The highest BCUT2D eigenvalue weighted by atomic mass is 16.7. The molecule has 0 unspecified atom stereocenters. The van der Waals surface area contributed by atoms with Crippen LogP contribution in [0.3, 0.4) is 0 Å². The van der Waals surface area contributed by atoms with Gasteiger partial charge >= 0.3 is 5.97 Å². The number of benzene rings is 2. The lowest BCUT2D eigenvalue weighted by Crippen LogP contribution is -2.60. The predicted octanol–water partition coefficient (Wildman–Crippen LogP) is 3.82. The Morgan fingerprint density at radius 3 is 1.85 bits per heavy atom. The molecule has 0 saturated carbocycles. The zero-order chi connectivity index (χ0) is 40.7. The molecule has 0 spiro atoms. The number of primary amides is 1. The first-order valence-corrected chi connectivity index (χ1v) is 18.7. The molecule has 55 heavy (non-hydrogen) atoms. The normalized spacial score (nSPS) is 13.5. The molecule has 1 heterocycles. The number of hydrogen-bond acceptors (Lipinski definition) is 9. The summed E-state index contributed by atoms with van der Waals surface area (Å²) in [5.41, 5.74) is 10.3. The van der Waals surface area contributed by atoms with Gasteiger partial charge in [-0.1, -0.05) is 102 Å². The zero-order valence-electron chi connectivity index (χ0n) is 32.8. The summed E-state index contributed by atoms with van der Waals surface area (Å²) in [7, 11) is 0. The van der Waals surface area contributed by atoms with Crippen LogP contribution >= 0.6 is 0 Å². The van der Waals surface area contributed by atoms with Crippen molar-refractivity contribution in [1.29, 1.82) is 0 Å². The topological polar surface area (TPSA) is 193 Å². The van der Waals surface area contributed by atoms with Gasteiger partial charge in [0.2, 0.25) is 23.5 Å². The Morgan fingerprint density at radius 2 is 1.35 bits per heavy atom. The van der Waals surface area contributed by atoms with Crippen molar-refractivity contribution in [3.63, 3.8) is 0 Å². The Bertz CT molecular complexity index is 1700. The van der Waals surface area contributed by atoms with Crippen LogP contribution in [0.5, 0.6) is 0 Å². The number of carbonyl (C=O) groups is 6. The number of aryl methyl sites for hydroxylation is 1. The summed E-state index contributed by atoms with van der Waals surface area (Å²) >= 11 is 0. The first kappa shape index (κ1) is 43.9. The van der Waals surface area contributed by atoms with Gasteiger partial charge in [-0.25, -0.2) is 9.80 Å². The van der Waals surface area contributed by atoms with Gasteiger partial charge < -0.3 is 25.6 Å². The highest BCUT2D eigenvalue weighted by Crippen LogP contribution is 2.19. The van der Waals surface area contributed by atoms with E-state index in [0.29, 0.717) is 13.0 Å². The summed E-state index contributed by atoms with van der Waals surface area (Å²) in [4.78, 5) is 85.8. The maximum atomic E-state index is 14.4. The third-order valence-electron chi connectivity index (χ3n) is 8.83. The quantitative estimate of drug-likeness (QED) is 0.0979. The predicted molar refractivity (Wildman–Crippen MR) is 206 cm³/mol. The van der Waals surface area contributed by atoms with E-state index in [2.05, 4.69) is 16.1 Å². The number of hydroxylamine groups is 2. The number of amides is 5. The lowest BCUT2D eigenvalue weighted by molar-refractivity contribution is -0.185. The molecule has 5 amide bonds. The number of nitrogens with one attached hydrogen (secondary N) is 3. The number of hydrazine groups is 1. The van der Waals surface area contributed by atoms with Crippen LogP contribution in [0.25, 0.3) is 0 Å². The number of nitrogens with two attached hydrogens (primary N) is 1. The van der Waals surface area contributed by atoms with Gasteiger partial charge in [0.15, 0.2) is 0 Å². The van der Waals surface area contributed by atoms with E-state index in [1.165, 1.54) is 25.3 Å². The van der Waals surface area contributed by atoms with E-state index in [-0.39, 0.29) is 37.0 Å². The van der Waals surface area contributed by atoms with Gasteiger partial charge in [-0.05, 0) is 60.3 Å². The van der Waals surface area contributed by atoms with Crippen molar-refractivity contribution < 1.29 is 38.0 Å². The minimum atomic E-state index is -1.22. The summed E-state index contributed by atoms with van der Waals surface area (Å²) in [5.74, 6) is -6.22. The van der Waals surface area contributed by atoms with Gasteiger partial charge in [0, 0.05) is 20.0 Å². The number of rotatable bonds is 20. The molecule has 0 bridgehead atoms. The summed E-state index contributed by atoms with van der Waals surface area (Å²) in [6, 6.07) is 18.5. The van der Waals surface area contributed by atoms with E-state index >= 15 is 0 Å². The molecule has 4 atom stereocenters. The molecule has 5 N–H and O–H groups in total. The van der Waals surface area contributed by atoms with Crippen molar-refractivity contribution in [3.8, 4) is 0 Å². The van der Waals surface area contributed by atoms with Gasteiger partial charge in [0.05, 0.1) is 12.3 Å². The van der Waals surface area contributed by atoms with Crippen LogP contribution in [0, 0.1) is 23.7 Å². The maximum absolute atomic E-state index is 14.4. The average Bonchev–Trinajstić information content (AvgIpc) is 3.68. The average molecular weight is 761 g/mol. The van der Waals surface area contributed by atoms with Crippen molar-refractivity contribution in [3.05, 3.63) is 95.9 Å². The Morgan fingerprint density at radius 1 is 0.745 bits per heavy atom. The third kappa shape index (κ3) is 14.0. The molecule has 2 aromatic carbocycles. The van der Waals surface area contributed by atoms with Gasteiger partial charge in [0.1, 0.15) is 18.0 Å². The molecular weight excluding hydrogens is 704 g/mol. The Labute approximate surface area is 323 Å². The van der Waals surface area contributed by atoms with Crippen LogP contribution in [-0.2, 0) is 41.7 Å². The maximum Gasteiger partial charge on any atom is 0.398 e. The van der Waals surface area contributed by atoms with Crippen LogP contribution < -0.4 is 21.8 Å². The first-order valence-electron chi connectivity index (χ1n) is 18.7. The van der Waals surface area contributed by atoms with E-state index in [1.807, 2.05) is 50.2 Å². The Hall–Kier alpha value is -5.50. The molecule has 298 valence electrons. The molecule has 0 aliphatic carbocycles. The smallest absolute Gasteiger partial charge is 0.398 e. The molecule has 0 saturated heterocycles. The second kappa shape index (κ2) is 21.4. The second-order valence-corrected chi connectivity index (χ2v) is 14.8. The first-order chi connectivity index (χ1) is 26.1. The minimum Gasteiger partial charge on any atom is -0.457 e. The van der Waals surface area contributed by atoms with E-state index < -0.39 is 65.5 Å². The number of carbonyl (C=O) groups excluding carboxylic acids is 6. The molecule has 14 nitrogen and oxygen atoms in total. The van der Waals surface area contributed by atoms with Crippen molar-refractivity contribution >= 4 is 35.5 Å². The fraction of sp³-hybridized carbons (Fsp3) is 0.463. The lowest BCUT2D eigenvalue weighted by Gasteiger charge is -2.37. The largest absolute Gasteiger partial charge is 0.457 e. The Balaban J connectivity index is 1.99. The molecule has 3 aromatic rings. The monoisotopic (exact) mass is 760 g/mol. The molecular formula is C41H56N6O8. The van der Waals surface area contributed by atoms with Crippen LogP contribution in [-0.4, -0.2) is 76.8 Å². The van der Waals surface area contributed by atoms with Gasteiger partial charge in [0.25, 0.3) is 11.8 Å². The molecule has 3 rings (SSSR count). The molecule has 0 aliphatic heterocycles. The van der Waals surface area contributed by atoms with Crippen LogP contribution in [0.1, 0.15) is 76.6 Å². The molecule has 14 heteroatoms. The summed E-state index contributed by atoms with van der Waals surface area (Å²) in [6.07, 6.45) is 2.11. The van der Waals surface area contributed by atoms with E-state index in [1.54, 1.807) is 57.0 Å². The molecule has 1 aromatic heterocycles. The zero-order valence-corrected chi connectivity index (χ0v) is 32.8. The summed E-state index contributed by atoms with van der Waals surface area (Å²) in [6.45, 7) is 12.5. The van der Waals surface area contributed by atoms with Crippen LogP contribution in [0.15, 0.2) is 83.5 Å². The standard InChI is InChI=1S/C41H56N6O8/c1-26(2)24-46(45-39(51)35(27(3)4)44-38(50)33(37(42)49)23-31-17-12-9-13-18-31)25-32(21-20-30-15-10-8-11-16-30)47(55-41(53)34-19-14-22-54-34)40(52)36(28(5)6)43-29(7)48/h8-19,22,26-28,32-33,35-36H,20-21,23-25H2,1-7H3,(H2,42,49)(H,43,48)(H,44,50)(H,45,51)/t32-,33+,35-,36-/m0/s1. The van der Waals surface area contributed by atoms with Crippen molar-refractivity contribution in [2.75, 3.05) is 13.1 Å². The fourth-order valence-electron chi connectivity index (χ4n) is 6.01. The Kier molecular flexibility index (Phi) is 17.1. The van der Waals surface area contributed by atoms with Gasteiger partial charge in [-0.3, -0.25) is 29.4 Å². The summed E-state index contributed by atoms with van der Waals surface area (Å²) < 4.78 is 5.28. The third-order valence-corrected chi connectivity index (χ3v) is 8.83. The van der Waals surface area contributed by atoms with Gasteiger partial charge in [-0.15, -0.1) is 0 Å². The van der Waals surface area contributed by atoms with E-state index in [9.17, 15) is 28.8 Å². The van der Waals surface area contributed by atoms with Crippen LogP contribution in [0.4, 0.5) is 0 Å². The van der Waals surface area contributed by atoms with Crippen molar-refractivity contribution in [1.82, 2.24) is 26.1 Å². The summed E-state index contributed by atoms with van der Waals surface area (Å²) in [5, 5.41) is 8.04. The van der Waals surface area contributed by atoms with Gasteiger partial charge in [-0.2, -0.15) is 5.06 Å². The molecule has 0 fully saturated rings. The van der Waals surface area contributed by atoms with E-state index in [4.69, 9.17) is 15.0 Å². The minimum absolute atomic E-state index is 0.00453.